The summed E-state index contributed by atoms with van der Waals surface area (Å²) in [6.07, 6.45) is 5.31. The third kappa shape index (κ3) is 4.34. The molecular formula is C14H22N4. The van der Waals surface area contributed by atoms with Gasteiger partial charge in [0.15, 0.2) is 0 Å². The van der Waals surface area contributed by atoms with Crippen molar-refractivity contribution >= 4 is 5.82 Å². The number of rotatable bonds is 8. The number of anilines is 1. The van der Waals surface area contributed by atoms with Crippen molar-refractivity contribution in [1.82, 2.24) is 10.3 Å². The van der Waals surface area contributed by atoms with E-state index in [4.69, 9.17) is 5.26 Å². The first-order valence-electron chi connectivity index (χ1n) is 6.55. The third-order valence-electron chi connectivity index (χ3n) is 2.83. The first-order valence-corrected chi connectivity index (χ1v) is 6.55. The highest BCUT2D eigenvalue weighted by Gasteiger charge is 2.08. The van der Waals surface area contributed by atoms with Gasteiger partial charge in [-0.1, -0.05) is 13.3 Å². The molecule has 0 bridgehead atoms. The lowest BCUT2D eigenvalue weighted by atomic mass is 10.0. The molecule has 0 unspecified atom stereocenters. The van der Waals surface area contributed by atoms with Gasteiger partial charge in [0.1, 0.15) is 5.82 Å². The van der Waals surface area contributed by atoms with E-state index in [0.717, 1.165) is 38.2 Å². The van der Waals surface area contributed by atoms with E-state index in [1.54, 1.807) is 0 Å². The molecule has 2 N–H and O–H groups in total. The second kappa shape index (κ2) is 8.48. The standard InChI is InChI=1S/C14H22N4/c1-3-5-13-12(6-4-8-15)7-9-17-14(13)18-11-10-16-2/h7,9,16H,3-6,10-11H2,1-2H3,(H,17,18). The van der Waals surface area contributed by atoms with Gasteiger partial charge in [0.2, 0.25) is 0 Å². The maximum Gasteiger partial charge on any atom is 0.129 e. The average Bonchev–Trinajstić information content (AvgIpc) is 2.39. The van der Waals surface area contributed by atoms with Crippen molar-refractivity contribution < 1.29 is 0 Å². The van der Waals surface area contributed by atoms with Gasteiger partial charge in [0.25, 0.3) is 0 Å². The van der Waals surface area contributed by atoms with E-state index in [1.807, 2.05) is 19.3 Å². The number of hydrogen-bond donors (Lipinski definition) is 2. The second-order valence-corrected chi connectivity index (χ2v) is 4.24. The predicted molar refractivity (Wildman–Crippen MR) is 74.6 cm³/mol. The van der Waals surface area contributed by atoms with Gasteiger partial charge in [-0.15, -0.1) is 0 Å². The van der Waals surface area contributed by atoms with Gasteiger partial charge >= 0.3 is 0 Å². The zero-order chi connectivity index (χ0) is 13.2. The van der Waals surface area contributed by atoms with E-state index in [9.17, 15) is 0 Å². The maximum absolute atomic E-state index is 8.70. The molecule has 0 amide bonds. The van der Waals surface area contributed by atoms with Crippen LogP contribution < -0.4 is 10.6 Å². The number of nitrogens with one attached hydrogen (secondary N) is 2. The molecule has 1 aromatic heterocycles. The Morgan fingerprint density at radius 2 is 2.17 bits per heavy atom. The van der Waals surface area contributed by atoms with Gasteiger partial charge in [-0.25, -0.2) is 4.98 Å². The molecule has 0 saturated heterocycles. The molecule has 0 radical (unpaired) electrons. The van der Waals surface area contributed by atoms with Crippen LogP contribution in [0.4, 0.5) is 5.82 Å². The number of likely N-dealkylation sites (N-methyl/N-ethyl adjacent to an activating group) is 1. The number of hydrogen-bond acceptors (Lipinski definition) is 4. The Balaban J connectivity index is 2.83. The van der Waals surface area contributed by atoms with Crippen molar-refractivity contribution in [3.8, 4) is 6.07 Å². The first-order chi connectivity index (χ1) is 8.83. The Labute approximate surface area is 109 Å². The highest BCUT2D eigenvalue weighted by molar-refractivity contribution is 5.48. The first kappa shape index (κ1) is 14.5. The molecule has 0 aliphatic rings. The summed E-state index contributed by atoms with van der Waals surface area (Å²) in [5.74, 6) is 0.975. The summed E-state index contributed by atoms with van der Waals surface area (Å²) in [4.78, 5) is 4.42. The molecule has 0 aliphatic heterocycles. The van der Waals surface area contributed by atoms with Crippen molar-refractivity contribution in [2.75, 3.05) is 25.5 Å². The fraction of sp³-hybridized carbons (Fsp3) is 0.571. The van der Waals surface area contributed by atoms with E-state index in [-0.39, 0.29) is 0 Å². The fourth-order valence-corrected chi connectivity index (χ4v) is 1.94. The molecule has 0 spiro atoms. The Hall–Kier alpha value is -1.60. The van der Waals surface area contributed by atoms with Gasteiger partial charge in [-0.05, 0) is 37.1 Å². The molecular weight excluding hydrogens is 224 g/mol. The van der Waals surface area contributed by atoms with Crippen LogP contribution in [0.2, 0.25) is 0 Å². The number of pyridine rings is 1. The van der Waals surface area contributed by atoms with E-state index in [2.05, 4.69) is 28.6 Å². The molecule has 1 aromatic rings. The molecule has 1 heterocycles. The molecule has 0 aliphatic carbocycles. The van der Waals surface area contributed by atoms with Crippen LogP contribution in [0.25, 0.3) is 0 Å². The summed E-state index contributed by atoms with van der Waals surface area (Å²) in [6, 6.07) is 4.24. The molecule has 0 aromatic carbocycles. The lowest BCUT2D eigenvalue weighted by Crippen LogP contribution is -2.19. The zero-order valence-electron chi connectivity index (χ0n) is 11.3. The number of nitriles is 1. The van der Waals surface area contributed by atoms with E-state index >= 15 is 0 Å². The predicted octanol–water partition coefficient (Wildman–Crippen LogP) is 2.12. The quantitative estimate of drug-likeness (QED) is 0.690. The molecule has 1 rings (SSSR count). The minimum absolute atomic E-state index is 0.566. The monoisotopic (exact) mass is 246 g/mol. The van der Waals surface area contributed by atoms with Crippen LogP contribution in [0.3, 0.4) is 0 Å². The van der Waals surface area contributed by atoms with Gasteiger partial charge in [-0.3, -0.25) is 0 Å². The average molecular weight is 246 g/mol. The summed E-state index contributed by atoms with van der Waals surface area (Å²) in [5.41, 5.74) is 2.52. The summed E-state index contributed by atoms with van der Waals surface area (Å²) < 4.78 is 0. The number of nitrogens with zero attached hydrogens (tertiary/aromatic N) is 2. The Bertz CT molecular complexity index is 395. The Morgan fingerprint density at radius 3 is 2.83 bits per heavy atom. The lowest BCUT2D eigenvalue weighted by Gasteiger charge is -2.14. The van der Waals surface area contributed by atoms with Gasteiger partial charge in [0, 0.05) is 25.7 Å². The van der Waals surface area contributed by atoms with Crippen molar-refractivity contribution in [2.45, 2.75) is 32.6 Å². The van der Waals surface area contributed by atoms with Gasteiger partial charge in [0.05, 0.1) is 6.07 Å². The summed E-state index contributed by atoms with van der Waals surface area (Å²) in [5, 5.41) is 15.2. The topological polar surface area (TPSA) is 60.7 Å². The van der Waals surface area contributed by atoms with Crippen LogP contribution in [0.15, 0.2) is 12.3 Å². The smallest absolute Gasteiger partial charge is 0.129 e. The fourth-order valence-electron chi connectivity index (χ4n) is 1.94. The van der Waals surface area contributed by atoms with Gasteiger partial charge < -0.3 is 10.6 Å². The van der Waals surface area contributed by atoms with Crippen LogP contribution in [0.5, 0.6) is 0 Å². The van der Waals surface area contributed by atoms with Gasteiger partial charge in [-0.2, -0.15) is 5.26 Å². The van der Waals surface area contributed by atoms with E-state index in [0.29, 0.717) is 6.42 Å². The van der Waals surface area contributed by atoms with Crippen LogP contribution in [-0.2, 0) is 12.8 Å². The van der Waals surface area contributed by atoms with Crippen LogP contribution in [0.1, 0.15) is 30.9 Å². The van der Waals surface area contributed by atoms with Crippen LogP contribution in [0, 0.1) is 11.3 Å². The molecule has 4 heteroatoms. The van der Waals surface area contributed by atoms with Crippen molar-refractivity contribution in [1.29, 1.82) is 5.26 Å². The Kier molecular flexibility index (Phi) is 6.82. The van der Waals surface area contributed by atoms with Crippen molar-refractivity contribution in [3.05, 3.63) is 23.4 Å². The summed E-state index contributed by atoms with van der Waals surface area (Å²) >= 11 is 0. The molecule has 98 valence electrons. The molecule has 0 saturated carbocycles. The number of aromatic nitrogens is 1. The number of aryl methyl sites for hydroxylation is 1. The summed E-state index contributed by atoms with van der Waals surface area (Å²) in [7, 11) is 1.94. The molecule has 4 nitrogen and oxygen atoms in total. The molecule has 0 fully saturated rings. The third-order valence-corrected chi connectivity index (χ3v) is 2.83. The largest absolute Gasteiger partial charge is 0.369 e. The highest BCUT2D eigenvalue weighted by atomic mass is 15.0. The maximum atomic E-state index is 8.70. The van der Waals surface area contributed by atoms with E-state index < -0.39 is 0 Å². The molecule has 0 atom stereocenters. The van der Waals surface area contributed by atoms with Crippen molar-refractivity contribution in [3.63, 3.8) is 0 Å². The second-order valence-electron chi connectivity index (χ2n) is 4.24. The Morgan fingerprint density at radius 1 is 1.33 bits per heavy atom. The SMILES string of the molecule is CCCc1c(CCC#N)ccnc1NCCNC. The van der Waals surface area contributed by atoms with E-state index in [1.165, 1.54) is 11.1 Å². The minimum Gasteiger partial charge on any atom is -0.369 e. The minimum atomic E-state index is 0.566. The normalized spacial score (nSPS) is 10.1. The van der Waals surface area contributed by atoms with Crippen molar-refractivity contribution in [2.24, 2.45) is 0 Å². The highest BCUT2D eigenvalue weighted by Crippen LogP contribution is 2.20. The molecule has 18 heavy (non-hydrogen) atoms. The lowest BCUT2D eigenvalue weighted by molar-refractivity contribution is 0.814. The van der Waals surface area contributed by atoms with Crippen LogP contribution in [-0.4, -0.2) is 25.1 Å². The zero-order valence-corrected chi connectivity index (χ0v) is 11.3. The summed E-state index contributed by atoms with van der Waals surface area (Å²) in [6.45, 7) is 3.94. The van der Waals surface area contributed by atoms with Crippen LogP contribution >= 0.6 is 0 Å².